The van der Waals surface area contributed by atoms with E-state index in [-0.39, 0.29) is 0 Å². The van der Waals surface area contributed by atoms with E-state index >= 15 is 0 Å². The lowest BCUT2D eigenvalue weighted by atomic mass is 10.1. The molecule has 2 heteroatoms. The van der Waals surface area contributed by atoms with Crippen molar-refractivity contribution in [2.75, 3.05) is 13.2 Å². The van der Waals surface area contributed by atoms with Gasteiger partial charge in [0.2, 0.25) is 0 Å². The van der Waals surface area contributed by atoms with Crippen molar-refractivity contribution in [3.63, 3.8) is 0 Å². The smallest absolute Gasteiger partial charge is 0.119 e. The van der Waals surface area contributed by atoms with Crippen molar-refractivity contribution in [2.24, 2.45) is 0 Å². The van der Waals surface area contributed by atoms with Gasteiger partial charge in [-0.1, -0.05) is 43.4 Å². The summed E-state index contributed by atoms with van der Waals surface area (Å²) in [5.74, 6) is 0.993. The summed E-state index contributed by atoms with van der Waals surface area (Å²) in [6.45, 7) is 4.07. The van der Waals surface area contributed by atoms with E-state index in [1.807, 2.05) is 0 Å². The van der Waals surface area contributed by atoms with Gasteiger partial charge in [0.25, 0.3) is 0 Å². The van der Waals surface area contributed by atoms with Crippen molar-refractivity contribution in [3.05, 3.63) is 29.8 Å². The monoisotopic (exact) mass is 275 g/mol. The van der Waals surface area contributed by atoms with Crippen LogP contribution in [0.2, 0.25) is 0 Å². The van der Waals surface area contributed by atoms with E-state index in [4.69, 9.17) is 4.74 Å². The Balaban J connectivity index is 1.50. The first-order valence-electron chi connectivity index (χ1n) is 8.27. The Bertz CT molecular complexity index is 352. The van der Waals surface area contributed by atoms with Crippen LogP contribution in [0.25, 0.3) is 0 Å². The summed E-state index contributed by atoms with van der Waals surface area (Å²) < 4.78 is 5.75. The van der Waals surface area contributed by atoms with E-state index in [1.165, 1.54) is 50.5 Å². The highest BCUT2D eigenvalue weighted by Crippen LogP contribution is 2.17. The lowest BCUT2D eigenvalue weighted by Crippen LogP contribution is -2.29. The molecule has 1 fully saturated rings. The molecular formula is C18H29NO. The van der Waals surface area contributed by atoms with E-state index in [9.17, 15) is 0 Å². The fourth-order valence-corrected chi connectivity index (χ4v) is 2.84. The van der Waals surface area contributed by atoms with Crippen LogP contribution in [0, 0.1) is 6.92 Å². The highest BCUT2D eigenvalue weighted by atomic mass is 16.5. The first-order chi connectivity index (χ1) is 9.84. The van der Waals surface area contributed by atoms with Crippen LogP contribution in [0.1, 0.15) is 56.9 Å². The molecule has 2 rings (SSSR count). The number of nitrogens with one attached hydrogen (secondary N) is 1. The molecule has 0 unspecified atom stereocenters. The number of benzene rings is 1. The van der Waals surface area contributed by atoms with E-state index in [1.54, 1.807) is 0 Å². The summed E-state index contributed by atoms with van der Waals surface area (Å²) in [6.07, 6.45) is 10.8. The second-order valence-corrected chi connectivity index (χ2v) is 6.01. The molecule has 1 aromatic carbocycles. The molecule has 0 spiro atoms. The Labute approximate surface area is 123 Å². The quantitative estimate of drug-likeness (QED) is 0.585. The summed E-state index contributed by atoms with van der Waals surface area (Å²) in [6, 6.07) is 9.08. The summed E-state index contributed by atoms with van der Waals surface area (Å²) >= 11 is 0. The van der Waals surface area contributed by atoms with Crippen LogP contribution in [0.5, 0.6) is 5.75 Å². The summed E-state index contributed by atoms with van der Waals surface area (Å²) in [7, 11) is 0. The molecule has 0 heterocycles. The van der Waals surface area contributed by atoms with Gasteiger partial charge in [-0.15, -0.1) is 0 Å². The van der Waals surface area contributed by atoms with Crippen LogP contribution in [0.3, 0.4) is 0 Å². The predicted octanol–water partition coefficient (Wildman–Crippen LogP) is 4.47. The van der Waals surface area contributed by atoms with E-state index in [2.05, 4.69) is 36.5 Å². The number of hydrogen-bond donors (Lipinski definition) is 1. The molecule has 1 aliphatic rings. The zero-order chi connectivity index (χ0) is 14.0. The van der Waals surface area contributed by atoms with Crippen LogP contribution in [-0.2, 0) is 0 Å². The Morgan fingerprint density at radius 2 is 1.70 bits per heavy atom. The molecule has 0 aromatic heterocycles. The van der Waals surface area contributed by atoms with Crippen LogP contribution < -0.4 is 10.1 Å². The first-order valence-corrected chi connectivity index (χ1v) is 8.27. The van der Waals surface area contributed by atoms with Gasteiger partial charge in [0.1, 0.15) is 5.75 Å². The Kier molecular flexibility index (Phi) is 6.93. The van der Waals surface area contributed by atoms with Gasteiger partial charge >= 0.3 is 0 Å². The van der Waals surface area contributed by atoms with E-state index in [0.29, 0.717) is 0 Å². The van der Waals surface area contributed by atoms with Gasteiger partial charge < -0.3 is 10.1 Å². The van der Waals surface area contributed by atoms with Crippen LogP contribution in [0.4, 0.5) is 0 Å². The maximum absolute atomic E-state index is 5.75. The highest BCUT2D eigenvalue weighted by molar-refractivity contribution is 5.26. The zero-order valence-electron chi connectivity index (χ0n) is 12.9. The van der Waals surface area contributed by atoms with Gasteiger partial charge in [-0.2, -0.15) is 0 Å². The van der Waals surface area contributed by atoms with Crippen LogP contribution >= 0.6 is 0 Å². The predicted molar refractivity (Wildman–Crippen MR) is 85.4 cm³/mol. The second kappa shape index (κ2) is 9.02. The molecule has 1 N–H and O–H groups in total. The minimum absolute atomic E-state index is 0.774. The summed E-state index contributed by atoms with van der Waals surface area (Å²) in [5, 5.41) is 3.71. The normalized spacial score (nSPS) is 16.9. The molecule has 1 aromatic rings. The molecular weight excluding hydrogens is 246 g/mol. The molecule has 0 aliphatic heterocycles. The fraction of sp³-hybridized carbons (Fsp3) is 0.667. The lowest BCUT2D eigenvalue weighted by Gasteiger charge is -2.16. The van der Waals surface area contributed by atoms with Crippen molar-refractivity contribution in [1.29, 1.82) is 0 Å². The molecule has 112 valence electrons. The third-order valence-electron chi connectivity index (χ3n) is 4.15. The van der Waals surface area contributed by atoms with Crippen molar-refractivity contribution < 1.29 is 4.74 Å². The Hall–Kier alpha value is -1.02. The first kappa shape index (κ1) is 15.4. The SMILES string of the molecule is Cc1ccc(OCCCCNC2CCCCCC2)cc1. The largest absolute Gasteiger partial charge is 0.494 e. The molecule has 2 nitrogen and oxygen atoms in total. The van der Waals surface area contributed by atoms with Crippen molar-refractivity contribution >= 4 is 0 Å². The zero-order valence-corrected chi connectivity index (χ0v) is 12.9. The van der Waals surface area contributed by atoms with Gasteiger partial charge in [-0.3, -0.25) is 0 Å². The van der Waals surface area contributed by atoms with Gasteiger partial charge in [0, 0.05) is 6.04 Å². The number of unbranched alkanes of at least 4 members (excludes halogenated alkanes) is 1. The van der Waals surface area contributed by atoms with Gasteiger partial charge in [0.05, 0.1) is 6.61 Å². The molecule has 0 bridgehead atoms. The minimum atomic E-state index is 0.774. The van der Waals surface area contributed by atoms with Gasteiger partial charge in [0.15, 0.2) is 0 Å². The highest BCUT2D eigenvalue weighted by Gasteiger charge is 2.10. The van der Waals surface area contributed by atoms with Crippen LogP contribution in [0.15, 0.2) is 24.3 Å². The number of hydrogen-bond acceptors (Lipinski definition) is 2. The topological polar surface area (TPSA) is 21.3 Å². The average Bonchev–Trinajstić information content (AvgIpc) is 2.73. The third-order valence-corrected chi connectivity index (χ3v) is 4.15. The van der Waals surface area contributed by atoms with Gasteiger partial charge in [-0.25, -0.2) is 0 Å². The number of aryl methyl sites for hydroxylation is 1. The van der Waals surface area contributed by atoms with Crippen molar-refractivity contribution in [2.45, 2.75) is 64.3 Å². The van der Waals surface area contributed by atoms with Crippen LogP contribution in [-0.4, -0.2) is 19.2 Å². The van der Waals surface area contributed by atoms with Crippen molar-refractivity contribution in [3.8, 4) is 5.75 Å². The molecule has 20 heavy (non-hydrogen) atoms. The van der Waals surface area contributed by atoms with E-state index < -0.39 is 0 Å². The molecule has 0 amide bonds. The Morgan fingerprint density at radius 1 is 1.00 bits per heavy atom. The minimum Gasteiger partial charge on any atom is -0.494 e. The van der Waals surface area contributed by atoms with E-state index in [0.717, 1.165) is 31.4 Å². The van der Waals surface area contributed by atoms with Crippen molar-refractivity contribution in [1.82, 2.24) is 5.32 Å². The summed E-state index contributed by atoms with van der Waals surface area (Å²) in [5.41, 5.74) is 1.28. The molecule has 1 saturated carbocycles. The maximum Gasteiger partial charge on any atom is 0.119 e. The fourth-order valence-electron chi connectivity index (χ4n) is 2.84. The number of ether oxygens (including phenoxy) is 1. The molecule has 0 radical (unpaired) electrons. The van der Waals surface area contributed by atoms with Gasteiger partial charge in [-0.05, 0) is 51.3 Å². The molecule has 0 saturated heterocycles. The second-order valence-electron chi connectivity index (χ2n) is 6.01. The summed E-state index contributed by atoms with van der Waals surface area (Å²) in [4.78, 5) is 0. The average molecular weight is 275 g/mol. The Morgan fingerprint density at radius 3 is 2.40 bits per heavy atom. The third kappa shape index (κ3) is 5.96. The lowest BCUT2D eigenvalue weighted by molar-refractivity contribution is 0.303. The molecule has 0 atom stereocenters. The number of rotatable bonds is 7. The molecule has 1 aliphatic carbocycles. The standard InChI is InChI=1S/C18H29NO/c1-16-10-12-18(13-11-16)20-15-7-6-14-19-17-8-4-2-3-5-9-17/h10-13,17,19H,2-9,14-15H2,1H3. The maximum atomic E-state index is 5.75.